The third-order valence-corrected chi connectivity index (χ3v) is 3.07. The highest BCUT2D eigenvalue weighted by Gasteiger charge is 2.24. The summed E-state index contributed by atoms with van der Waals surface area (Å²) in [4.78, 5) is 15.4. The van der Waals surface area contributed by atoms with E-state index in [1.54, 1.807) is 0 Å². The summed E-state index contributed by atoms with van der Waals surface area (Å²) in [6, 6.07) is 0.313. The van der Waals surface area contributed by atoms with E-state index < -0.39 is 0 Å². The zero-order chi connectivity index (χ0) is 11.5. The highest BCUT2D eigenvalue weighted by molar-refractivity contribution is 5.76. The Morgan fingerprint density at radius 2 is 2.50 bits per heavy atom. The lowest BCUT2D eigenvalue weighted by atomic mass is 10.1. The Bertz CT molecular complexity index is 375. The number of rotatable bonds is 3. The van der Waals surface area contributed by atoms with Crippen LogP contribution in [-0.4, -0.2) is 26.7 Å². The molecule has 16 heavy (non-hydrogen) atoms. The van der Waals surface area contributed by atoms with E-state index in [4.69, 9.17) is 5.73 Å². The summed E-state index contributed by atoms with van der Waals surface area (Å²) in [7, 11) is 0. The summed E-state index contributed by atoms with van der Waals surface area (Å²) in [6.45, 7) is 2.36. The maximum Gasteiger partial charge on any atom is 0.242 e. The van der Waals surface area contributed by atoms with Crippen molar-refractivity contribution < 1.29 is 4.79 Å². The van der Waals surface area contributed by atoms with Gasteiger partial charge in [-0.1, -0.05) is 13.3 Å². The molecule has 0 bridgehead atoms. The van der Waals surface area contributed by atoms with Crippen LogP contribution in [-0.2, 0) is 11.3 Å². The van der Waals surface area contributed by atoms with Crippen molar-refractivity contribution in [2.45, 2.75) is 38.8 Å². The summed E-state index contributed by atoms with van der Waals surface area (Å²) in [6.07, 6.45) is 4.93. The molecule has 0 aromatic carbocycles. The van der Waals surface area contributed by atoms with Crippen LogP contribution in [0, 0.1) is 5.92 Å². The minimum Gasteiger partial charge on any atom is -0.367 e. The van der Waals surface area contributed by atoms with Gasteiger partial charge < -0.3 is 11.1 Å². The molecule has 1 saturated carbocycles. The summed E-state index contributed by atoms with van der Waals surface area (Å²) >= 11 is 0. The molecule has 88 valence electrons. The van der Waals surface area contributed by atoms with Crippen molar-refractivity contribution in [3.05, 3.63) is 6.33 Å². The minimum absolute atomic E-state index is 0.0244. The molecule has 2 unspecified atom stereocenters. The fraction of sp³-hybridized carbons (Fsp3) is 0.700. The second-order valence-electron chi connectivity index (χ2n) is 4.38. The average molecular weight is 223 g/mol. The molecule has 0 aliphatic heterocycles. The molecule has 0 radical (unpaired) electrons. The van der Waals surface area contributed by atoms with E-state index in [-0.39, 0.29) is 18.4 Å². The van der Waals surface area contributed by atoms with Gasteiger partial charge in [0, 0.05) is 6.04 Å². The van der Waals surface area contributed by atoms with Gasteiger partial charge in [0.15, 0.2) is 0 Å². The number of hydrogen-bond donors (Lipinski definition) is 2. The maximum atomic E-state index is 11.7. The standard InChI is InChI=1S/C10H17N5O/c1-7-3-2-4-8(7)13-9(16)5-15-6-12-10(11)14-15/h6-8H,2-5H2,1H3,(H2,11,14)(H,13,16). The Morgan fingerprint density at radius 1 is 1.69 bits per heavy atom. The van der Waals surface area contributed by atoms with E-state index in [0.717, 1.165) is 6.42 Å². The van der Waals surface area contributed by atoms with Crippen LogP contribution in [0.1, 0.15) is 26.2 Å². The number of anilines is 1. The Morgan fingerprint density at radius 3 is 3.06 bits per heavy atom. The summed E-state index contributed by atoms with van der Waals surface area (Å²) in [5.41, 5.74) is 5.37. The second kappa shape index (κ2) is 4.51. The Hall–Kier alpha value is -1.59. The van der Waals surface area contributed by atoms with Crippen LogP contribution in [0.15, 0.2) is 6.33 Å². The van der Waals surface area contributed by atoms with Crippen LogP contribution >= 0.6 is 0 Å². The fourth-order valence-electron chi connectivity index (χ4n) is 2.14. The Labute approximate surface area is 94.2 Å². The number of nitrogen functional groups attached to an aromatic ring is 1. The lowest BCUT2D eigenvalue weighted by molar-refractivity contribution is -0.122. The molecule has 3 N–H and O–H groups in total. The van der Waals surface area contributed by atoms with Crippen molar-refractivity contribution in [1.82, 2.24) is 20.1 Å². The molecule has 2 rings (SSSR count). The number of carbonyl (C=O) groups is 1. The Kier molecular flexibility index (Phi) is 3.07. The van der Waals surface area contributed by atoms with Crippen LogP contribution in [0.25, 0.3) is 0 Å². The smallest absolute Gasteiger partial charge is 0.242 e. The van der Waals surface area contributed by atoms with E-state index in [2.05, 4.69) is 22.3 Å². The first kappa shape index (κ1) is 10.9. The number of nitrogens with two attached hydrogens (primary N) is 1. The summed E-state index contributed by atoms with van der Waals surface area (Å²) in [5.74, 6) is 0.746. The van der Waals surface area contributed by atoms with Crippen molar-refractivity contribution >= 4 is 11.9 Å². The summed E-state index contributed by atoms with van der Waals surface area (Å²) < 4.78 is 1.45. The SMILES string of the molecule is CC1CCCC1NC(=O)Cn1cnc(N)n1. The first-order valence-corrected chi connectivity index (χ1v) is 5.59. The van der Waals surface area contributed by atoms with Gasteiger partial charge in [-0.15, -0.1) is 5.10 Å². The van der Waals surface area contributed by atoms with Gasteiger partial charge in [0.25, 0.3) is 0 Å². The third-order valence-electron chi connectivity index (χ3n) is 3.07. The predicted molar refractivity (Wildman–Crippen MR) is 59.4 cm³/mol. The molecule has 6 heteroatoms. The number of hydrogen-bond acceptors (Lipinski definition) is 4. The molecule has 1 aliphatic carbocycles. The molecule has 6 nitrogen and oxygen atoms in total. The number of nitrogens with zero attached hydrogens (tertiary/aromatic N) is 3. The third kappa shape index (κ3) is 2.50. The molecule has 1 aromatic heterocycles. The van der Waals surface area contributed by atoms with Crippen molar-refractivity contribution in [2.24, 2.45) is 5.92 Å². The number of amides is 1. The maximum absolute atomic E-state index is 11.7. The van der Waals surface area contributed by atoms with Gasteiger partial charge in [-0.25, -0.2) is 9.67 Å². The van der Waals surface area contributed by atoms with E-state index >= 15 is 0 Å². The monoisotopic (exact) mass is 223 g/mol. The highest BCUT2D eigenvalue weighted by Crippen LogP contribution is 2.24. The van der Waals surface area contributed by atoms with Gasteiger partial charge in [-0.05, 0) is 18.8 Å². The molecule has 1 amide bonds. The molecule has 0 saturated heterocycles. The van der Waals surface area contributed by atoms with Crippen LogP contribution in [0.3, 0.4) is 0 Å². The van der Waals surface area contributed by atoms with Crippen molar-refractivity contribution in [1.29, 1.82) is 0 Å². The molecule has 2 atom stereocenters. The number of carbonyl (C=O) groups excluding carboxylic acids is 1. The highest BCUT2D eigenvalue weighted by atomic mass is 16.2. The first-order valence-electron chi connectivity index (χ1n) is 5.59. The summed E-state index contributed by atoms with van der Waals surface area (Å²) in [5, 5.41) is 6.88. The van der Waals surface area contributed by atoms with Crippen molar-refractivity contribution in [3.63, 3.8) is 0 Å². The van der Waals surface area contributed by atoms with Gasteiger partial charge in [0.2, 0.25) is 11.9 Å². The minimum atomic E-state index is -0.0244. The lowest BCUT2D eigenvalue weighted by Gasteiger charge is -2.16. The van der Waals surface area contributed by atoms with Crippen LogP contribution in [0.2, 0.25) is 0 Å². The van der Waals surface area contributed by atoms with Gasteiger partial charge >= 0.3 is 0 Å². The van der Waals surface area contributed by atoms with Gasteiger partial charge in [-0.2, -0.15) is 0 Å². The first-order chi connectivity index (χ1) is 7.65. The number of aromatic nitrogens is 3. The van der Waals surface area contributed by atoms with Crippen LogP contribution in [0.5, 0.6) is 0 Å². The lowest BCUT2D eigenvalue weighted by Crippen LogP contribution is -2.38. The van der Waals surface area contributed by atoms with E-state index in [1.165, 1.54) is 23.9 Å². The van der Waals surface area contributed by atoms with E-state index in [0.29, 0.717) is 12.0 Å². The van der Waals surface area contributed by atoms with Crippen molar-refractivity contribution in [2.75, 3.05) is 5.73 Å². The van der Waals surface area contributed by atoms with Crippen LogP contribution in [0.4, 0.5) is 5.95 Å². The fourth-order valence-corrected chi connectivity index (χ4v) is 2.14. The molecular formula is C10H17N5O. The molecule has 1 fully saturated rings. The van der Waals surface area contributed by atoms with Gasteiger partial charge in [0.1, 0.15) is 12.9 Å². The largest absolute Gasteiger partial charge is 0.367 e. The molecule has 0 spiro atoms. The van der Waals surface area contributed by atoms with E-state index in [1.807, 2.05) is 0 Å². The Balaban J connectivity index is 1.84. The topological polar surface area (TPSA) is 85.8 Å². The zero-order valence-electron chi connectivity index (χ0n) is 9.39. The normalized spacial score (nSPS) is 24.6. The second-order valence-corrected chi connectivity index (χ2v) is 4.38. The van der Waals surface area contributed by atoms with E-state index in [9.17, 15) is 4.79 Å². The molecule has 1 aromatic rings. The average Bonchev–Trinajstić information content (AvgIpc) is 2.77. The molecular weight excluding hydrogens is 206 g/mol. The number of nitrogens with one attached hydrogen (secondary N) is 1. The van der Waals surface area contributed by atoms with Gasteiger partial charge in [0.05, 0.1) is 0 Å². The van der Waals surface area contributed by atoms with Gasteiger partial charge in [-0.3, -0.25) is 4.79 Å². The van der Waals surface area contributed by atoms with Crippen molar-refractivity contribution in [3.8, 4) is 0 Å². The zero-order valence-corrected chi connectivity index (χ0v) is 9.39. The molecule has 1 aliphatic rings. The quantitative estimate of drug-likeness (QED) is 0.764. The molecule has 1 heterocycles. The predicted octanol–water partition coefficient (Wildman–Crippen LogP) is 0.165. The van der Waals surface area contributed by atoms with Crippen LogP contribution < -0.4 is 11.1 Å².